The number of rotatable bonds is 4. The maximum absolute atomic E-state index is 5.81. The summed E-state index contributed by atoms with van der Waals surface area (Å²) in [6.45, 7) is 7.27. The Bertz CT molecular complexity index is 356. The van der Waals surface area contributed by atoms with E-state index in [-0.39, 0.29) is 0 Å². The predicted octanol–water partition coefficient (Wildman–Crippen LogP) is 3.11. The van der Waals surface area contributed by atoms with Gasteiger partial charge in [0.2, 0.25) is 0 Å². The molecule has 0 aromatic heterocycles. The van der Waals surface area contributed by atoms with Gasteiger partial charge in [-0.1, -0.05) is 19.1 Å². The number of ether oxygens (including phenoxy) is 1. The van der Waals surface area contributed by atoms with Gasteiger partial charge in [-0.2, -0.15) is 0 Å². The monoisotopic (exact) mass is 233 g/mol. The summed E-state index contributed by atoms with van der Waals surface area (Å²) < 4.78 is 5.81. The lowest BCUT2D eigenvalue weighted by Gasteiger charge is -2.25. The van der Waals surface area contributed by atoms with E-state index in [1.54, 1.807) is 0 Å². The Labute approximate surface area is 104 Å². The zero-order chi connectivity index (χ0) is 12.1. The van der Waals surface area contributed by atoms with E-state index in [1.807, 2.05) is 0 Å². The highest BCUT2D eigenvalue weighted by molar-refractivity contribution is 5.40. The van der Waals surface area contributed by atoms with Crippen molar-refractivity contribution >= 4 is 0 Å². The van der Waals surface area contributed by atoms with Crippen molar-refractivity contribution in [3.05, 3.63) is 29.3 Å². The molecule has 0 aliphatic carbocycles. The Balaban J connectivity index is 2.24. The van der Waals surface area contributed by atoms with Crippen LogP contribution in [0.1, 0.15) is 43.7 Å². The van der Waals surface area contributed by atoms with Crippen molar-refractivity contribution in [3.63, 3.8) is 0 Å². The fourth-order valence-corrected chi connectivity index (χ4v) is 2.55. The molecule has 1 heterocycles. The van der Waals surface area contributed by atoms with Crippen LogP contribution in [-0.4, -0.2) is 19.7 Å². The van der Waals surface area contributed by atoms with E-state index in [1.165, 1.54) is 24.0 Å². The van der Waals surface area contributed by atoms with Crippen LogP contribution in [0.3, 0.4) is 0 Å². The summed E-state index contributed by atoms with van der Waals surface area (Å²) in [4.78, 5) is 0. The minimum Gasteiger partial charge on any atom is -0.494 e. The molecule has 0 spiro atoms. The summed E-state index contributed by atoms with van der Waals surface area (Å²) in [5.41, 5.74) is 2.77. The summed E-state index contributed by atoms with van der Waals surface area (Å²) >= 11 is 0. The number of hydrogen-bond donors (Lipinski definition) is 1. The fraction of sp³-hybridized carbons (Fsp3) is 0.600. The van der Waals surface area contributed by atoms with Gasteiger partial charge >= 0.3 is 0 Å². The van der Waals surface area contributed by atoms with Crippen LogP contribution in [0.15, 0.2) is 18.2 Å². The predicted molar refractivity (Wildman–Crippen MR) is 71.8 cm³/mol. The molecule has 0 bridgehead atoms. The lowest BCUT2D eigenvalue weighted by molar-refractivity contribution is 0.329. The average molecular weight is 233 g/mol. The minimum atomic E-state index is 0.670. The van der Waals surface area contributed by atoms with Gasteiger partial charge in [-0.05, 0) is 62.4 Å². The van der Waals surface area contributed by atoms with Crippen molar-refractivity contribution in [1.29, 1.82) is 0 Å². The Morgan fingerprint density at radius 1 is 1.24 bits per heavy atom. The third-order valence-corrected chi connectivity index (χ3v) is 3.57. The SMILES string of the molecule is CCOc1cc(CC)ccc1C1CCNCC1. The quantitative estimate of drug-likeness (QED) is 0.862. The van der Waals surface area contributed by atoms with Crippen molar-refractivity contribution in [2.24, 2.45) is 0 Å². The summed E-state index contributed by atoms with van der Waals surface area (Å²) in [5.74, 6) is 1.78. The lowest BCUT2D eigenvalue weighted by Crippen LogP contribution is -2.26. The number of aryl methyl sites for hydroxylation is 1. The molecule has 94 valence electrons. The molecular weight excluding hydrogens is 210 g/mol. The number of nitrogens with one attached hydrogen (secondary N) is 1. The molecule has 2 heteroatoms. The first-order valence-electron chi connectivity index (χ1n) is 6.81. The largest absolute Gasteiger partial charge is 0.494 e. The van der Waals surface area contributed by atoms with Gasteiger partial charge in [0, 0.05) is 0 Å². The van der Waals surface area contributed by atoms with Gasteiger partial charge in [0.05, 0.1) is 6.61 Å². The Morgan fingerprint density at radius 3 is 2.65 bits per heavy atom. The topological polar surface area (TPSA) is 21.3 Å². The first-order valence-corrected chi connectivity index (χ1v) is 6.81. The second-order valence-electron chi connectivity index (χ2n) is 4.68. The summed E-state index contributed by atoms with van der Waals surface area (Å²) in [7, 11) is 0. The molecule has 1 aliphatic rings. The van der Waals surface area contributed by atoms with Gasteiger partial charge in [-0.3, -0.25) is 0 Å². The Kier molecular flexibility index (Phi) is 4.43. The molecule has 1 aliphatic heterocycles. The van der Waals surface area contributed by atoms with Crippen molar-refractivity contribution in [1.82, 2.24) is 5.32 Å². The average Bonchev–Trinajstić information content (AvgIpc) is 2.40. The minimum absolute atomic E-state index is 0.670. The van der Waals surface area contributed by atoms with Gasteiger partial charge < -0.3 is 10.1 Å². The van der Waals surface area contributed by atoms with E-state index in [4.69, 9.17) is 4.74 Å². The van der Waals surface area contributed by atoms with Gasteiger partial charge in [-0.25, -0.2) is 0 Å². The van der Waals surface area contributed by atoms with Crippen LogP contribution in [0.5, 0.6) is 5.75 Å². The van der Waals surface area contributed by atoms with E-state index in [9.17, 15) is 0 Å². The number of hydrogen-bond acceptors (Lipinski definition) is 2. The molecule has 1 N–H and O–H groups in total. The zero-order valence-electron chi connectivity index (χ0n) is 11.0. The molecular formula is C15H23NO. The highest BCUT2D eigenvalue weighted by atomic mass is 16.5. The summed E-state index contributed by atoms with van der Waals surface area (Å²) in [6, 6.07) is 6.75. The molecule has 0 atom stereocenters. The fourth-order valence-electron chi connectivity index (χ4n) is 2.55. The maximum Gasteiger partial charge on any atom is 0.123 e. The van der Waals surface area contributed by atoms with E-state index in [0.717, 1.165) is 31.9 Å². The molecule has 17 heavy (non-hydrogen) atoms. The van der Waals surface area contributed by atoms with Crippen LogP contribution in [0.25, 0.3) is 0 Å². The normalized spacial score (nSPS) is 17.1. The van der Waals surface area contributed by atoms with Gasteiger partial charge in [-0.15, -0.1) is 0 Å². The maximum atomic E-state index is 5.81. The molecule has 0 unspecified atom stereocenters. The molecule has 1 aromatic carbocycles. The first-order chi connectivity index (χ1) is 8.35. The third-order valence-electron chi connectivity index (χ3n) is 3.57. The summed E-state index contributed by atoms with van der Waals surface area (Å²) in [5, 5.41) is 3.42. The van der Waals surface area contributed by atoms with Crippen LogP contribution >= 0.6 is 0 Å². The van der Waals surface area contributed by atoms with Crippen molar-refractivity contribution < 1.29 is 4.74 Å². The van der Waals surface area contributed by atoms with Crippen molar-refractivity contribution in [3.8, 4) is 5.75 Å². The molecule has 0 radical (unpaired) electrons. The van der Waals surface area contributed by atoms with Crippen molar-refractivity contribution in [2.45, 2.75) is 39.0 Å². The molecule has 0 saturated carbocycles. The van der Waals surface area contributed by atoms with Crippen LogP contribution in [0, 0.1) is 0 Å². The van der Waals surface area contributed by atoms with Crippen LogP contribution in [-0.2, 0) is 6.42 Å². The second-order valence-corrected chi connectivity index (χ2v) is 4.68. The lowest BCUT2D eigenvalue weighted by atomic mass is 9.89. The summed E-state index contributed by atoms with van der Waals surface area (Å²) in [6.07, 6.45) is 3.53. The molecule has 2 nitrogen and oxygen atoms in total. The van der Waals surface area contributed by atoms with Gasteiger partial charge in [0.1, 0.15) is 5.75 Å². The van der Waals surface area contributed by atoms with E-state index < -0.39 is 0 Å². The first kappa shape index (κ1) is 12.4. The third kappa shape index (κ3) is 3.01. The zero-order valence-corrected chi connectivity index (χ0v) is 11.0. The second kappa shape index (κ2) is 6.06. The molecule has 2 rings (SSSR count). The van der Waals surface area contributed by atoms with Crippen LogP contribution < -0.4 is 10.1 Å². The molecule has 1 aromatic rings. The Morgan fingerprint density at radius 2 is 2.00 bits per heavy atom. The van der Waals surface area contributed by atoms with E-state index in [2.05, 4.69) is 37.4 Å². The van der Waals surface area contributed by atoms with Gasteiger partial charge in [0.15, 0.2) is 0 Å². The highest BCUT2D eigenvalue weighted by Gasteiger charge is 2.19. The van der Waals surface area contributed by atoms with Crippen LogP contribution in [0.4, 0.5) is 0 Å². The number of piperidine rings is 1. The highest BCUT2D eigenvalue weighted by Crippen LogP contribution is 2.33. The van der Waals surface area contributed by atoms with Crippen LogP contribution in [0.2, 0.25) is 0 Å². The molecule has 0 amide bonds. The molecule has 1 saturated heterocycles. The smallest absolute Gasteiger partial charge is 0.123 e. The standard InChI is InChI=1S/C15H23NO/c1-3-12-5-6-14(15(11-12)17-4-2)13-7-9-16-10-8-13/h5-6,11,13,16H,3-4,7-10H2,1-2H3. The van der Waals surface area contributed by atoms with Crippen molar-refractivity contribution in [2.75, 3.05) is 19.7 Å². The van der Waals surface area contributed by atoms with E-state index >= 15 is 0 Å². The molecule has 1 fully saturated rings. The number of benzene rings is 1. The van der Waals surface area contributed by atoms with E-state index in [0.29, 0.717) is 5.92 Å². The Hall–Kier alpha value is -1.02. The van der Waals surface area contributed by atoms with Gasteiger partial charge in [0.25, 0.3) is 0 Å².